The zero-order valence-electron chi connectivity index (χ0n) is 8.75. The Balaban J connectivity index is 3.80. The predicted molar refractivity (Wildman–Crippen MR) is 58.5 cm³/mol. The summed E-state index contributed by atoms with van der Waals surface area (Å²) in [6.45, 7) is 1.61. The number of nitrogens with zero attached hydrogens (tertiary/aromatic N) is 1. The summed E-state index contributed by atoms with van der Waals surface area (Å²) in [7, 11) is 0.724. The number of hydrogen-bond donors (Lipinski definition) is 0. The maximum absolute atomic E-state index is 12.9. The van der Waals surface area contributed by atoms with Crippen molar-refractivity contribution in [1.82, 2.24) is 0 Å². The molecule has 1 aromatic carbocycles. The standard InChI is InChI=1S/C10H8ClF2NO2S/c1-2-6-3-4-7(5-14)9(17(11,15)16)8(6)10(12)13/h3-4,10H,2H2,1H3. The Morgan fingerprint density at radius 1 is 1.47 bits per heavy atom. The molecule has 0 radical (unpaired) electrons. The lowest BCUT2D eigenvalue weighted by Crippen LogP contribution is -2.06. The average Bonchev–Trinajstić information content (AvgIpc) is 2.25. The minimum Gasteiger partial charge on any atom is -0.207 e. The molecule has 3 nitrogen and oxygen atoms in total. The van der Waals surface area contributed by atoms with Crippen molar-refractivity contribution >= 4 is 19.7 Å². The fraction of sp³-hybridized carbons (Fsp3) is 0.300. The van der Waals surface area contributed by atoms with Crippen molar-refractivity contribution in [2.24, 2.45) is 0 Å². The van der Waals surface area contributed by atoms with Gasteiger partial charge < -0.3 is 0 Å². The highest BCUT2D eigenvalue weighted by Gasteiger charge is 2.27. The molecule has 0 spiro atoms. The van der Waals surface area contributed by atoms with Gasteiger partial charge in [-0.05, 0) is 18.1 Å². The van der Waals surface area contributed by atoms with Crippen LogP contribution in [0.3, 0.4) is 0 Å². The second-order valence-electron chi connectivity index (χ2n) is 3.22. The van der Waals surface area contributed by atoms with Gasteiger partial charge in [0.1, 0.15) is 11.0 Å². The fourth-order valence-corrected chi connectivity index (χ4v) is 2.90. The van der Waals surface area contributed by atoms with E-state index in [4.69, 9.17) is 15.9 Å². The van der Waals surface area contributed by atoms with E-state index in [0.717, 1.165) is 0 Å². The molecule has 1 rings (SSSR count). The zero-order chi connectivity index (χ0) is 13.2. The van der Waals surface area contributed by atoms with E-state index in [9.17, 15) is 17.2 Å². The third-order valence-electron chi connectivity index (χ3n) is 2.25. The Bertz CT molecular complexity index is 579. The monoisotopic (exact) mass is 279 g/mol. The van der Waals surface area contributed by atoms with Crippen molar-refractivity contribution in [3.8, 4) is 6.07 Å². The van der Waals surface area contributed by atoms with Crippen molar-refractivity contribution < 1.29 is 17.2 Å². The number of alkyl halides is 2. The average molecular weight is 280 g/mol. The highest BCUT2D eigenvalue weighted by molar-refractivity contribution is 8.13. The van der Waals surface area contributed by atoms with Crippen molar-refractivity contribution in [3.63, 3.8) is 0 Å². The highest BCUT2D eigenvalue weighted by atomic mass is 35.7. The first kappa shape index (κ1) is 13.9. The first-order chi connectivity index (χ1) is 7.82. The third kappa shape index (κ3) is 2.73. The first-order valence-corrected chi connectivity index (χ1v) is 6.92. The second-order valence-corrected chi connectivity index (χ2v) is 5.72. The van der Waals surface area contributed by atoms with Crippen LogP contribution in [-0.2, 0) is 15.5 Å². The third-order valence-corrected chi connectivity index (χ3v) is 3.64. The van der Waals surface area contributed by atoms with Gasteiger partial charge in [0, 0.05) is 16.2 Å². The van der Waals surface area contributed by atoms with E-state index in [0.29, 0.717) is 0 Å². The summed E-state index contributed by atoms with van der Waals surface area (Å²) < 4.78 is 48.4. The van der Waals surface area contributed by atoms with Gasteiger partial charge in [-0.1, -0.05) is 13.0 Å². The van der Waals surface area contributed by atoms with Gasteiger partial charge in [0.05, 0.1) is 5.56 Å². The Morgan fingerprint density at radius 2 is 2.06 bits per heavy atom. The highest BCUT2D eigenvalue weighted by Crippen LogP contribution is 2.34. The maximum Gasteiger partial charge on any atom is 0.265 e. The predicted octanol–water partition coefficient (Wildman–Crippen LogP) is 2.99. The summed E-state index contributed by atoms with van der Waals surface area (Å²) in [6.07, 6.45) is -2.77. The summed E-state index contributed by atoms with van der Waals surface area (Å²) in [5.74, 6) is 0. The molecular formula is C10H8ClF2NO2S. The number of hydrogen-bond acceptors (Lipinski definition) is 3. The van der Waals surface area contributed by atoms with Gasteiger partial charge in [-0.25, -0.2) is 17.2 Å². The number of nitriles is 1. The smallest absolute Gasteiger partial charge is 0.207 e. The Labute approximate surface area is 102 Å². The lowest BCUT2D eigenvalue weighted by atomic mass is 10.0. The molecule has 0 aliphatic carbocycles. The van der Waals surface area contributed by atoms with Crippen molar-refractivity contribution in [2.75, 3.05) is 0 Å². The molecule has 0 aliphatic heterocycles. The fourth-order valence-electron chi connectivity index (χ4n) is 1.54. The molecule has 0 saturated heterocycles. The SMILES string of the molecule is CCc1ccc(C#N)c(S(=O)(=O)Cl)c1C(F)F. The van der Waals surface area contributed by atoms with Crippen molar-refractivity contribution in [3.05, 3.63) is 28.8 Å². The molecule has 92 valence electrons. The molecule has 0 unspecified atom stereocenters. The molecule has 17 heavy (non-hydrogen) atoms. The summed E-state index contributed by atoms with van der Waals surface area (Å²) >= 11 is 0. The lowest BCUT2D eigenvalue weighted by molar-refractivity contribution is 0.147. The molecule has 0 fully saturated rings. The normalized spacial score (nSPS) is 11.5. The van der Waals surface area contributed by atoms with Crippen LogP contribution in [0.5, 0.6) is 0 Å². The van der Waals surface area contributed by atoms with Gasteiger partial charge in [0.15, 0.2) is 0 Å². The van der Waals surface area contributed by atoms with Crippen LogP contribution >= 0.6 is 10.7 Å². The van der Waals surface area contributed by atoms with Crippen molar-refractivity contribution in [1.29, 1.82) is 5.26 Å². The second kappa shape index (κ2) is 4.98. The molecule has 0 atom stereocenters. The van der Waals surface area contributed by atoms with Gasteiger partial charge >= 0.3 is 0 Å². The first-order valence-electron chi connectivity index (χ1n) is 4.61. The van der Waals surface area contributed by atoms with Crippen LogP contribution in [0.1, 0.15) is 30.0 Å². The van der Waals surface area contributed by atoms with E-state index < -0.39 is 25.9 Å². The number of rotatable bonds is 3. The number of aryl methyl sites for hydroxylation is 1. The van der Waals surface area contributed by atoms with Crippen LogP contribution in [-0.4, -0.2) is 8.42 Å². The molecule has 0 bridgehead atoms. The van der Waals surface area contributed by atoms with Gasteiger partial charge in [0.2, 0.25) is 0 Å². The molecule has 0 aliphatic rings. The lowest BCUT2D eigenvalue weighted by Gasteiger charge is -2.12. The summed E-state index contributed by atoms with van der Waals surface area (Å²) in [5, 5.41) is 8.73. The van der Waals surface area contributed by atoms with Crippen LogP contribution in [0.2, 0.25) is 0 Å². The minimum absolute atomic E-state index is 0.165. The Morgan fingerprint density at radius 3 is 2.41 bits per heavy atom. The number of benzene rings is 1. The number of halogens is 3. The van der Waals surface area contributed by atoms with E-state index in [1.165, 1.54) is 12.1 Å². The molecule has 0 heterocycles. The largest absolute Gasteiger partial charge is 0.265 e. The molecule has 0 saturated carbocycles. The molecule has 0 amide bonds. The topological polar surface area (TPSA) is 57.9 Å². The van der Waals surface area contributed by atoms with Crippen LogP contribution < -0.4 is 0 Å². The van der Waals surface area contributed by atoms with Crippen LogP contribution in [0, 0.1) is 11.3 Å². The maximum atomic E-state index is 12.9. The molecule has 7 heteroatoms. The summed E-state index contributed by atoms with van der Waals surface area (Å²) in [5.41, 5.74) is -0.882. The summed E-state index contributed by atoms with van der Waals surface area (Å²) in [4.78, 5) is -0.781. The van der Waals surface area contributed by atoms with E-state index in [2.05, 4.69) is 0 Å². The van der Waals surface area contributed by atoms with E-state index in [-0.39, 0.29) is 17.5 Å². The zero-order valence-corrected chi connectivity index (χ0v) is 10.3. The van der Waals surface area contributed by atoms with E-state index in [1.807, 2.05) is 0 Å². The summed E-state index contributed by atoms with van der Waals surface area (Å²) in [6, 6.07) is 4.04. The molecule has 0 N–H and O–H groups in total. The minimum atomic E-state index is -4.38. The van der Waals surface area contributed by atoms with Gasteiger partial charge in [-0.2, -0.15) is 5.26 Å². The van der Waals surface area contributed by atoms with Gasteiger partial charge in [-0.3, -0.25) is 0 Å². The molecule has 0 aromatic heterocycles. The molecular weight excluding hydrogens is 272 g/mol. The van der Waals surface area contributed by atoms with Gasteiger partial charge in [-0.15, -0.1) is 0 Å². The van der Waals surface area contributed by atoms with E-state index >= 15 is 0 Å². The Kier molecular flexibility index (Phi) is 4.07. The van der Waals surface area contributed by atoms with Crippen LogP contribution in [0.4, 0.5) is 8.78 Å². The quantitative estimate of drug-likeness (QED) is 0.799. The molecule has 1 aromatic rings. The van der Waals surface area contributed by atoms with Gasteiger partial charge in [0.25, 0.3) is 15.5 Å². The van der Waals surface area contributed by atoms with E-state index in [1.54, 1.807) is 13.0 Å². The van der Waals surface area contributed by atoms with Crippen molar-refractivity contribution in [2.45, 2.75) is 24.7 Å². The Hall–Kier alpha value is -1.19. The van der Waals surface area contributed by atoms with Crippen LogP contribution in [0.15, 0.2) is 17.0 Å². The van der Waals surface area contributed by atoms with Crippen LogP contribution in [0.25, 0.3) is 0 Å².